The number of para-hydroxylation sites is 1. The summed E-state index contributed by atoms with van der Waals surface area (Å²) in [7, 11) is 0. The van der Waals surface area contributed by atoms with Crippen molar-refractivity contribution < 1.29 is 13.2 Å². The molecule has 0 spiro atoms. The molecule has 0 amide bonds. The van der Waals surface area contributed by atoms with Gasteiger partial charge in [-0.15, -0.1) is 0 Å². The average Bonchev–Trinajstić information content (AvgIpc) is 2.47. The fourth-order valence-electron chi connectivity index (χ4n) is 2.07. The van der Waals surface area contributed by atoms with Crippen LogP contribution in [-0.4, -0.2) is 5.17 Å². The summed E-state index contributed by atoms with van der Waals surface area (Å²) in [5.41, 5.74) is 8.20. The first-order valence-corrected chi connectivity index (χ1v) is 7.95. The standard InChI is InChI=1S/C17H17F3N2S/c1-11-7-8-12(2)13(9-11)10-23-16(21)22-15-6-4-3-5-14(15)17(18,19)20/h3-9H,10H2,1-2H3,(H2,21,22). The second kappa shape index (κ2) is 7.08. The van der Waals surface area contributed by atoms with Crippen molar-refractivity contribution in [3.05, 3.63) is 64.7 Å². The summed E-state index contributed by atoms with van der Waals surface area (Å²) in [4.78, 5) is 3.93. The van der Waals surface area contributed by atoms with Crippen LogP contribution in [0.15, 0.2) is 47.5 Å². The molecule has 2 nitrogen and oxygen atoms in total. The third-order valence-corrected chi connectivity index (χ3v) is 4.16. The van der Waals surface area contributed by atoms with E-state index in [0.29, 0.717) is 5.75 Å². The van der Waals surface area contributed by atoms with E-state index in [0.717, 1.165) is 22.8 Å². The van der Waals surface area contributed by atoms with Crippen LogP contribution in [0.1, 0.15) is 22.3 Å². The van der Waals surface area contributed by atoms with Crippen molar-refractivity contribution in [1.82, 2.24) is 0 Å². The zero-order valence-electron chi connectivity index (χ0n) is 12.8. The molecule has 0 heterocycles. The number of nitrogens with zero attached hydrogens (tertiary/aromatic N) is 1. The molecular weight excluding hydrogens is 321 g/mol. The summed E-state index contributed by atoms with van der Waals surface area (Å²) in [5.74, 6) is 0.566. The van der Waals surface area contributed by atoms with E-state index in [-0.39, 0.29) is 10.9 Å². The largest absolute Gasteiger partial charge is 0.418 e. The molecule has 0 aromatic heterocycles. The maximum atomic E-state index is 12.9. The number of nitrogens with two attached hydrogens (primary N) is 1. The minimum absolute atomic E-state index is 0.114. The Balaban J connectivity index is 2.17. The molecule has 0 saturated heterocycles. The van der Waals surface area contributed by atoms with E-state index in [2.05, 4.69) is 4.99 Å². The number of benzene rings is 2. The summed E-state index contributed by atoms with van der Waals surface area (Å²) in [6, 6.07) is 11.2. The summed E-state index contributed by atoms with van der Waals surface area (Å²) in [5, 5.41) is 0.114. The van der Waals surface area contributed by atoms with Crippen LogP contribution < -0.4 is 5.73 Å². The van der Waals surface area contributed by atoms with Gasteiger partial charge in [-0.25, -0.2) is 4.99 Å². The molecule has 23 heavy (non-hydrogen) atoms. The van der Waals surface area contributed by atoms with Crippen molar-refractivity contribution in [3.63, 3.8) is 0 Å². The van der Waals surface area contributed by atoms with Crippen LogP contribution in [0.3, 0.4) is 0 Å². The number of rotatable bonds is 3. The minimum atomic E-state index is -4.45. The topological polar surface area (TPSA) is 38.4 Å². The van der Waals surface area contributed by atoms with Gasteiger partial charge in [0.15, 0.2) is 5.17 Å². The Morgan fingerprint density at radius 2 is 1.83 bits per heavy atom. The maximum Gasteiger partial charge on any atom is 0.418 e. The van der Waals surface area contributed by atoms with Crippen molar-refractivity contribution in [3.8, 4) is 0 Å². The first-order chi connectivity index (χ1) is 10.8. The van der Waals surface area contributed by atoms with Gasteiger partial charge < -0.3 is 5.73 Å². The first kappa shape index (κ1) is 17.4. The SMILES string of the molecule is Cc1ccc(C)c(CSC(N)=Nc2ccccc2C(F)(F)F)c1. The second-order valence-electron chi connectivity index (χ2n) is 5.18. The van der Waals surface area contributed by atoms with E-state index in [1.807, 2.05) is 32.0 Å². The minimum Gasteiger partial charge on any atom is -0.378 e. The van der Waals surface area contributed by atoms with Crippen LogP contribution in [0.4, 0.5) is 18.9 Å². The third-order valence-electron chi connectivity index (χ3n) is 3.32. The lowest BCUT2D eigenvalue weighted by atomic mass is 10.1. The van der Waals surface area contributed by atoms with Gasteiger partial charge in [-0.2, -0.15) is 13.2 Å². The Labute approximate surface area is 137 Å². The molecule has 2 aromatic carbocycles. The molecule has 0 fully saturated rings. The Hall–Kier alpha value is -1.95. The van der Waals surface area contributed by atoms with Crippen molar-refractivity contribution in [2.24, 2.45) is 10.7 Å². The zero-order valence-corrected chi connectivity index (χ0v) is 13.6. The molecule has 0 atom stereocenters. The number of alkyl halides is 3. The highest BCUT2D eigenvalue weighted by Crippen LogP contribution is 2.36. The summed E-state index contributed by atoms with van der Waals surface area (Å²) in [6.45, 7) is 3.98. The summed E-state index contributed by atoms with van der Waals surface area (Å²) < 4.78 is 38.8. The van der Waals surface area contributed by atoms with Gasteiger partial charge >= 0.3 is 6.18 Å². The fraction of sp³-hybridized carbons (Fsp3) is 0.235. The Morgan fingerprint density at radius 1 is 1.13 bits per heavy atom. The van der Waals surface area contributed by atoms with E-state index in [4.69, 9.17) is 5.73 Å². The molecule has 0 radical (unpaired) electrons. The van der Waals surface area contributed by atoms with Gasteiger partial charge in [0.05, 0.1) is 11.3 Å². The van der Waals surface area contributed by atoms with E-state index in [9.17, 15) is 13.2 Å². The van der Waals surface area contributed by atoms with Crippen LogP contribution >= 0.6 is 11.8 Å². The van der Waals surface area contributed by atoms with Gasteiger partial charge in [-0.05, 0) is 37.1 Å². The molecule has 2 aromatic rings. The quantitative estimate of drug-likeness (QED) is 0.617. The first-order valence-electron chi connectivity index (χ1n) is 6.96. The Morgan fingerprint density at radius 3 is 2.52 bits per heavy atom. The highest BCUT2D eigenvalue weighted by Gasteiger charge is 2.33. The summed E-state index contributed by atoms with van der Waals surface area (Å²) in [6.07, 6.45) is -4.45. The van der Waals surface area contributed by atoms with E-state index < -0.39 is 11.7 Å². The normalized spacial score (nSPS) is 12.5. The number of hydrogen-bond donors (Lipinski definition) is 1. The highest BCUT2D eigenvalue weighted by atomic mass is 32.2. The van der Waals surface area contributed by atoms with Gasteiger partial charge in [0.2, 0.25) is 0 Å². The van der Waals surface area contributed by atoms with Gasteiger partial charge in [0, 0.05) is 5.75 Å². The number of aliphatic imine (C=N–C) groups is 1. The van der Waals surface area contributed by atoms with Crippen LogP contribution in [0.25, 0.3) is 0 Å². The fourth-order valence-corrected chi connectivity index (χ4v) is 2.85. The predicted octanol–water partition coefficient (Wildman–Crippen LogP) is 5.20. The lowest BCUT2D eigenvalue weighted by Crippen LogP contribution is -2.09. The highest BCUT2D eigenvalue weighted by molar-refractivity contribution is 8.13. The average molecular weight is 338 g/mol. The number of hydrogen-bond acceptors (Lipinski definition) is 2. The second-order valence-corrected chi connectivity index (χ2v) is 6.18. The van der Waals surface area contributed by atoms with Gasteiger partial charge in [-0.1, -0.05) is 47.7 Å². The van der Waals surface area contributed by atoms with Crippen LogP contribution in [0.2, 0.25) is 0 Å². The zero-order chi connectivity index (χ0) is 17.0. The van der Waals surface area contributed by atoms with E-state index in [1.165, 1.54) is 30.0 Å². The number of aryl methyl sites for hydroxylation is 2. The van der Waals surface area contributed by atoms with Crippen molar-refractivity contribution >= 4 is 22.6 Å². The number of halogens is 3. The monoisotopic (exact) mass is 338 g/mol. The lowest BCUT2D eigenvalue weighted by molar-refractivity contribution is -0.137. The molecule has 122 valence electrons. The maximum absolute atomic E-state index is 12.9. The van der Waals surface area contributed by atoms with Gasteiger partial charge in [0.1, 0.15) is 0 Å². The van der Waals surface area contributed by atoms with E-state index >= 15 is 0 Å². The van der Waals surface area contributed by atoms with Crippen molar-refractivity contribution in [2.45, 2.75) is 25.8 Å². The molecule has 2 N–H and O–H groups in total. The predicted molar refractivity (Wildman–Crippen MR) is 89.9 cm³/mol. The summed E-state index contributed by atoms with van der Waals surface area (Å²) >= 11 is 1.23. The molecule has 0 aliphatic rings. The molecule has 0 unspecified atom stereocenters. The van der Waals surface area contributed by atoms with Crippen LogP contribution in [0.5, 0.6) is 0 Å². The third kappa shape index (κ3) is 4.76. The smallest absolute Gasteiger partial charge is 0.378 e. The molecule has 0 aliphatic heterocycles. The molecule has 2 rings (SSSR count). The molecule has 0 saturated carbocycles. The molecule has 0 bridgehead atoms. The molecule has 0 aliphatic carbocycles. The van der Waals surface area contributed by atoms with Crippen LogP contribution in [0, 0.1) is 13.8 Å². The lowest BCUT2D eigenvalue weighted by Gasteiger charge is -2.10. The van der Waals surface area contributed by atoms with Crippen LogP contribution in [-0.2, 0) is 11.9 Å². The van der Waals surface area contributed by atoms with Gasteiger partial charge in [0.25, 0.3) is 0 Å². The number of thioether (sulfide) groups is 1. The van der Waals surface area contributed by atoms with E-state index in [1.54, 1.807) is 0 Å². The van der Waals surface area contributed by atoms with Crippen molar-refractivity contribution in [2.75, 3.05) is 0 Å². The Kier molecular flexibility index (Phi) is 5.36. The van der Waals surface area contributed by atoms with Gasteiger partial charge in [-0.3, -0.25) is 0 Å². The molecular formula is C17H17F3N2S. The molecule has 6 heteroatoms. The van der Waals surface area contributed by atoms with Crippen molar-refractivity contribution in [1.29, 1.82) is 0 Å². The Bertz CT molecular complexity index is 724. The number of amidine groups is 1.